The lowest BCUT2D eigenvalue weighted by atomic mass is 10.1. The third-order valence-corrected chi connectivity index (χ3v) is 3.85. The molecule has 21 heavy (non-hydrogen) atoms. The number of rotatable bonds is 1. The normalized spacial score (nSPS) is 11.1. The Kier molecular flexibility index (Phi) is 2.89. The molecule has 0 aliphatic carbocycles. The second kappa shape index (κ2) is 4.90. The van der Waals surface area contributed by atoms with Gasteiger partial charge in [0.15, 0.2) is 0 Å². The van der Waals surface area contributed by atoms with Gasteiger partial charge in [-0.1, -0.05) is 30.3 Å². The Hall–Kier alpha value is -2.33. The van der Waals surface area contributed by atoms with Crippen LogP contribution in [0.4, 0.5) is 0 Å². The summed E-state index contributed by atoms with van der Waals surface area (Å²) in [7, 11) is 0. The van der Waals surface area contributed by atoms with Crippen LogP contribution in [0, 0.1) is 0 Å². The molecule has 1 aromatic carbocycles. The third-order valence-electron chi connectivity index (χ3n) is 3.41. The minimum atomic E-state index is 0.813. The van der Waals surface area contributed by atoms with Crippen LogP contribution < -0.4 is 0 Å². The topological polar surface area (TPSA) is 38.7 Å². The molecule has 0 saturated carbocycles. The predicted octanol–water partition coefficient (Wildman–Crippen LogP) is 4.61. The lowest BCUT2D eigenvalue weighted by Gasteiger charge is -2.05. The number of hydrogen-bond acceptors (Lipinski definition) is 3. The van der Waals surface area contributed by atoms with Crippen LogP contribution in [0.25, 0.3) is 33.2 Å². The molecule has 0 aliphatic rings. The molecular formula is C17H10BrN3. The van der Waals surface area contributed by atoms with E-state index in [1.165, 1.54) is 0 Å². The summed E-state index contributed by atoms with van der Waals surface area (Å²) in [4.78, 5) is 13.7. The molecule has 3 aromatic heterocycles. The number of nitrogens with zero attached hydrogens (tertiary/aromatic N) is 3. The van der Waals surface area contributed by atoms with Crippen LogP contribution in [-0.4, -0.2) is 15.0 Å². The summed E-state index contributed by atoms with van der Waals surface area (Å²) in [5, 5.41) is 2.16. The van der Waals surface area contributed by atoms with Crippen molar-refractivity contribution in [3.63, 3.8) is 0 Å². The number of halogens is 1. The molecule has 0 spiro atoms. The summed E-state index contributed by atoms with van der Waals surface area (Å²) in [6.07, 6.45) is 1.78. The largest absolute Gasteiger partial charge is 0.255 e. The van der Waals surface area contributed by atoms with E-state index >= 15 is 0 Å². The van der Waals surface area contributed by atoms with E-state index in [1.54, 1.807) is 6.20 Å². The van der Waals surface area contributed by atoms with Gasteiger partial charge >= 0.3 is 0 Å². The second-order valence-electron chi connectivity index (χ2n) is 4.75. The molecule has 0 bridgehead atoms. The molecule has 0 aliphatic heterocycles. The first kappa shape index (κ1) is 12.4. The molecular weight excluding hydrogens is 326 g/mol. The highest BCUT2D eigenvalue weighted by Gasteiger charge is 2.07. The number of aromatic nitrogens is 3. The molecule has 0 atom stereocenters. The summed E-state index contributed by atoms with van der Waals surface area (Å²) in [5.41, 5.74) is 3.53. The Morgan fingerprint density at radius 2 is 1.38 bits per heavy atom. The van der Waals surface area contributed by atoms with E-state index in [0.717, 1.165) is 37.8 Å². The van der Waals surface area contributed by atoms with E-state index in [0.29, 0.717) is 0 Å². The average molecular weight is 336 g/mol. The van der Waals surface area contributed by atoms with Crippen molar-refractivity contribution in [2.75, 3.05) is 0 Å². The predicted molar refractivity (Wildman–Crippen MR) is 88.0 cm³/mol. The van der Waals surface area contributed by atoms with Gasteiger partial charge in [0.25, 0.3) is 0 Å². The highest BCUT2D eigenvalue weighted by Crippen LogP contribution is 2.26. The first-order valence-electron chi connectivity index (χ1n) is 6.59. The number of benzene rings is 1. The molecule has 4 heteroatoms. The van der Waals surface area contributed by atoms with E-state index in [1.807, 2.05) is 36.4 Å². The van der Waals surface area contributed by atoms with Crippen LogP contribution in [0.5, 0.6) is 0 Å². The maximum Gasteiger partial charge on any atom is 0.106 e. The van der Waals surface area contributed by atoms with Crippen LogP contribution in [-0.2, 0) is 0 Å². The average Bonchev–Trinajstić information content (AvgIpc) is 2.55. The number of fused-ring (bicyclic) bond motifs is 3. The molecule has 0 fully saturated rings. The zero-order valence-electron chi connectivity index (χ0n) is 11.0. The van der Waals surface area contributed by atoms with Crippen molar-refractivity contribution in [2.24, 2.45) is 0 Å². The van der Waals surface area contributed by atoms with Crippen molar-refractivity contribution in [3.8, 4) is 11.4 Å². The standard InChI is InChI=1S/C17H10BrN3/c18-15-9-7-12-5-4-11-6-8-14(13-3-1-2-10-19-13)20-16(11)17(12)21-15/h1-10H. The fourth-order valence-corrected chi connectivity index (χ4v) is 2.71. The van der Waals surface area contributed by atoms with Crippen molar-refractivity contribution in [1.29, 1.82) is 0 Å². The lowest BCUT2D eigenvalue weighted by molar-refractivity contribution is 1.27. The number of hydrogen-bond donors (Lipinski definition) is 0. The van der Waals surface area contributed by atoms with Gasteiger partial charge in [-0.2, -0.15) is 0 Å². The van der Waals surface area contributed by atoms with E-state index in [9.17, 15) is 0 Å². The van der Waals surface area contributed by atoms with E-state index < -0.39 is 0 Å². The molecule has 3 nitrogen and oxygen atoms in total. The number of pyridine rings is 3. The molecule has 3 heterocycles. The van der Waals surface area contributed by atoms with Crippen molar-refractivity contribution in [2.45, 2.75) is 0 Å². The van der Waals surface area contributed by atoms with Crippen LogP contribution in [0.3, 0.4) is 0 Å². The van der Waals surface area contributed by atoms with Gasteiger partial charge in [0, 0.05) is 17.0 Å². The van der Waals surface area contributed by atoms with Crippen molar-refractivity contribution < 1.29 is 0 Å². The van der Waals surface area contributed by atoms with Gasteiger partial charge < -0.3 is 0 Å². The SMILES string of the molecule is Brc1ccc2ccc3ccc(-c4ccccn4)nc3c2n1. The fraction of sp³-hybridized carbons (Fsp3) is 0. The third kappa shape index (κ3) is 2.17. The van der Waals surface area contributed by atoms with Crippen molar-refractivity contribution >= 4 is 37.7 Å². The molecule has 0 unspecified atom stereocenters. The maximum absolute atomic E-state index is 4.77. The second-order valence-corrected chi connectivity index (χ2v) is 5.57. The Morgan fingerprint density at radius 3 is 2.14 bits per heavy atom. The van der Waals surface area contributed by atoms with Crippen LogP contribution in [0.2, 0.25) is 0 Å². The van der Waals surface area contributed by atoms with Crippen LogP contribution in [0.15, 0.2) is 65.4 Å². The molecule has 4 aromatic rings. The summed E-state index contributed by atoms with van der Waals surface area (Å²) in [6, 6.07) is 18.0. The molecule has 0 saturated heterocycles. The Balaban J connectivity index is 2.05. The smallest absolute Gasteiger partial charge is 0.106 e. The highest BCUT2D eigenvalue weighted by atomic mass is 79.9. The summed E-state index contributed by atoms with van der Waals surface area (Å²) < 4.78 is 0.813. The van der Waals surface area contributed by atoms with Crippen LogP contribution >= 0.6 is 15.9 Å². The Labute approximate surface area is 129 Å². The van der Waals surface area contributed by atoms with Gasteiger partial charge in [0.1, 0.15) is 4.60 Å². The molecule has 0 radical (unpaired) electrons. The Morgan fingerprint density at radius 1 is 0.667 bits per heavy atom. The van der Waals surface area contributed by atoms with Gasteiger partial charge in [0.05, 0.1) is 22.4 Å². The summed E-state index contributed by atoms with van der Waals surface area (Å²) >= 11 is 3.43. The minimum Gasteiger partial charge on any atom is -0.255 e. The summed E-state index contributed by atoms with van der Waals surface area (Å²) in [5.74, 6) is 0. The van der Waals surface area contributed by atoms with E-state index in [-0.39, 0.29) is 0 Å². The zero-order chi connectivity index (χ0) is 14.2. The highest BCUT2D eigenvalue weighted by molar-refractivity contribution is 9.10. The molecule has 100 valence electrons. The van der Waals surface area contributed by atoms with E-state index in [4.69, 9.17) is 4.98 Å². The zero-order valence-corrected chi connectivity index (χ0v) is 12.6. The monoisotopic (exact) mass is 335 g/mol. The lowest BCUT2D eigenvalue weighted by Crippen LogP contribution is -1.90. The first-order chi connectivity index (χ1) is 10.3. The molecule has 0 N–H and O–H groups in total. The Bertz CT molecular complexity index is 952. The quantitative estimate of drug-likeness (QED) is 0.376. The maximum atomic E-state index is 4.77. The van der Waals surface area contributed by atoms with Crippen LogP contribution in [0.1, 0.15) is 0 Å². The van der Waals surface area contributed by atoms with Gasteiger partial charge in [-0.25, -0.2) is 9.97 Å². The summed E-state index contributed by atoms with van der Waals surface area (Å²) in [6.45, 7) is 0. The van der Waals surface area contributed by atoms with Crippen molar-refractivity contribution in [3.05, 3.63) is 65.4 Å². The molecule has 4 rings (SSSR count). The van der Waals surface area contributed by atoms with Gasteiger partial charge in [-0.05, 0) is 40.2 Å². The molecule has 0 amide bonds. The van der Waals surface area contributed by atoms with Gasteiger partial charge in [-0.15, -0.1) is 0 Å². The van der Waals surface area contributed by atoms with Gasteiger partial charge in [-0.3, -0.25) is 4.98 Å². The van der Waals surface area contributed by atoms with Crippen molar-refractivity contribution in [1.82, 2.24) is 15.0 Å². The first-order valence-corrected chi connectivity index (χ1v) is 7.38. The van der Waals surface area contributed by atoms with Gasteiger partial charge in [0.2, 0.25) is 0 Å². The fourth-order valence-electron chi connectivity index (χ4n) is 2.40. The van der Waals surface area contributed by atoms with E-state index in [2.05, 4.69) is 44.1 Å². The minimum absolute atomic E-state index is 0.813.